The van der Waals surface area contributed by atoms with Crippen LogP contribution < -0.4 is 5.32 Å². The van der Waals surface area contributed by atoms with Gasteiger partial charge >= 0.3 is 5.97 Å². The monoisotopic (exact) mass is 279 g/mol. The molecule has 0 saturated heterocycles. The number of nitrogens with one attached hydrogen (secondary N) is 1. The fourth-order valence-electron chi connectivity index (χ4n) is 2.72. The lowest BCUT2D eigenvalue weighted by Crippen LogP contribution is -2.36. The van der Waals surface area contributed by atoms with Crippen LogP contribution in [-0.2, 0) is 9.59 Å². The van der Waals surface area contributed by atoms with Crippen LogP contribution in [0, 0.1) is 17.7 Å². The van der Waals surface area contributed by atoms with Crippen molar-refractivity contribution in [3.63, 3.8) is 0 Å². The molecule has 0 aliphatic heterocycles. The summed E-state index contributed by atoms with van der Waals surface area (Å²) in [7, 11) is 0. The number of carboxylic acids is 1. The molecule has 2 unspecified atom stereocenters. The van der Waals surface area contributed by atoms with E-state index < -0.39 is 17.8 Å². The average molecular weight is 279 g/mol. The van der Waals surface area contributed by atoms with Gasteiger partial charge < -0.3 is 10.4 Å². The van der Waals surface area contributed by atoms with E-state index >= 15 is 0 Å². The number of carboxylic acid groups (broad SMARTS) is 1. The van der Waals surface area contributed by atoms with Crippen LogP contribution in [0.3, 0.4) is 0 Å². The molecule has 0 aromatic heterocycles. The third kappa shape index (κ3) is 3.15. The van der Waals surface area contributed by atoms with Gasteiger partial charge in [-0.2, -0.15) is 0 Å². The summed E-state index contributed by atoms with van der Waals surface area (Å²) in [4.78, 5) is 23.3. The highest BCUT2D eigenvalue weighted by Crippen LogP contribution is 2.32. The minimum Gasteiger partial charge on any atom is -0.481 e. The van der Waals surface area contributed by atoms with Crippen molar-refractivity contribution >= 4 is 11.9 Å². The molecule has 4 nitrogen and oxygen atoms in total. The van der Waals surface area contributed by atoms with Gasteiger partial charge in [-0.05, 0) is 37.5 Å². The van der Waals surface area contributed by atoms with Gasteiger partial charge in [-0.1, -0.05) is 18.6 Å². The molecule has 1 aromatic rings. The van der Waals surface area contributed by atoms with Crippen molar-refractivity contribution in [3.05, 3.63) is 35.6 Å². The van der Waals surface area contributed by atoms with Crippen LogP contribution in [0.25, 0.3) is 0 Å². The number of rotatable bonds is 4. The van der Waals surface area contributed by atoms with Crippen molar-refractivity contribution in [2.75, 3.05) is 0 Å². The second-order valence-electron chi connectivity index (χ2n) is 5.26. The van der Waals surface area contributed by atoms with Crippen LogP contribution in [0.2, 0.25) is 0 Å². The topological polar surface area (TPSA) is 66.4 Å². The molecule has 1 aliphatic rings. The Balaban J connectivity index is 2.00. The first-order chi connectivity index (χ1) is 9.49. The molecule has 0 spiro atoms. The van der Waals surface area contributed by atoms with Gasteiger partial charge in [0.05, 0.1) is 17.9 Å². The molecule has 2 rings (SSSR count). The van der Waals surface area contributed by atoms with Crippen molar-refractivity contribution in [2.45, 2.75) is 32.2 Å². The van der Waals surface area contributed by atoms with E-state index in [1.54, 1.807) is 19.1 Å². The molecule has 0 radical (unpaired) electrons. The van der Waals surface area contributed by atoms with E-state index in [-0.39, 0.29) is 17.8 Å². The minimum absolute atomic E-state index is 0.230. The van der Waals surface area contributed by atoms with Crippen molar-refractivity contribution in [1.29, 1.82) is 0 Å². The maximum atomic E-state index is 12.8. The number of carbonyl (C=O) groups is 2. The normalized spacial score (nSPS) is 23.3. The summed E-state index contributed by atoms with van der Waals surface area (Å²) >= 11 is 0. The Kier molecular flexibility index (Phi) is 4.37. The summed E-state index contributed by atoms with van der Waals surface area (Å²) in [6.45, 7) is 1.80. The van der Waals surface area contributed by atoms with Crippen molar-refractivity contribution < 1.29 is 19.1 Å². The zero-order chi connectivity index (χ0) is 14.7. The highest BCUT2D eigenvalue weighted by atomic mass is 19.1. The largest absolute Gasteiger partial charge is 0.481 e. The van der Waals surface area contributed by atoms with Crippen LogP contribution in [0.4, 0.5) is 4.39 Å². The maximum Gasteiger partial charge on any atom is 0.307 e. The lowest BCUT2D eigenvalue weighted by molar-refractivity contribution is -0.146. The van der Waals surface area contributed by atoms with Crippen LogP contribution >= 0.6 is 0 Å². The van der Waals surface area contributed by atoms with Gasteiger partial charge in [-0.15, -0.1) is 0 Å². The molecule has 1 amide bonds. The second-order valence-corrected chi connectivity index (χ2v) is 5.26. The Bertz CT molecular complexity index is 500. The first-order valence-corrected chi connectivity index (χ1v) is 6.77. The zero-order valence-electron chi connectivity index (χ0n) is 11.3. The Hall–Kier alpha value is -1.91. The zero-order valence-corrected chi connectivity index (χ0v) is 11.3. The van der Waals surface area contributed by atoms with Gasteiger partial charge in [0.15, 0.2) is 0 Å². The second kappa shape index (κ2) is 6.03. The number of benzene rings is 1. The summed E-state index contributed by atoms with van der Waals surface area (Å²) in [5, 5.41) is 11.9. The van der Waals surface area contributed by atoms with E-state index in [1.165, 1.54) is 12.1 Å². The molecule has 5 heteroatoms. The fraction of sp³-hybridized carbons (Fsp3) is 0.467. The van der Waals surface area contributed by atoms with Gasteiger partial charge in [0, 0.05) is 0 Å². The predicted molar refractivity (Wildman–Crippen MR) is 71.4 cm³/mol. The summed E-state index contributed by atoms with van der Waals surface area (Å²) < 4.78 is 12.8. The first-order valence-electron chi connectivity index (χ1n) is 6.77. The van der Waals surface area contributed by atoms with Crippen molar-refractivity contribution in [1.82, 2.24) is 5.32 Å². The molecular formula is C15H18FNO3. The first kappa shape index (κ1) is 14.5. The quantitative estimate of drug-likeness (QED) is 0.890. The molecule has 3 atom stereocenters. The third-order valence-corrected chi connectivity index (χ3v) is 3.90. The number of hydrogen-bond donors (Lipinski definition) is 2. The van der Waals surface area contributed by atoms with E-state index in [4.69, 9.17) is 5.11 Å². The van der Waals surface area contributed by atoms with Crippen LogP contribution in [-0.4, -0.2) is 17.0 Å². The Morgan fingerprint density at radius 1 is 1.25 bits per heavy atom. The average Bonchev–Trinajstić information content (AvgIpc) is 2.88. The van der Waals surface area contributed by atoms with Crippen LogP contribution in [0.1, 0.15) is 37.8 Å². The summed E-state index contributed by atoms with van der Waals surface area (Å²) in [6.07, 6.45) is 1.93. The third-order valence-electron chi connectivity index (χ3n) is 3.90. The number of hydrogen-bond acceptors (Lipinski definition) is 2. The van der Waals surface area contributed by atoms with E-state index in [2.05, 4.69) is 5.32 Å². The molecule has 108 valence electrons. The molecule has 0 heterocycles. The number of halogens is 1. The van der Waals surface area contributed by atoms with Crippen LogP contribution in [0.5, 0.6) is 0 Å². The fourth-order valence-corrected chi connectivity index (χ4v) is 2.72. The number of carbonyl (C=O) groups excluding carboxylic acids is 1. The predicted octanol–water partition coefficient (Wildman–Crippen LogP) is 2.50. The maximum absolute atomic E-state index is 12.8. The van der Waals surface area contributed by atoms with E-state index in [9.17, 15) is 14.0 Å². The molecule has 20 heavy (non-hydrogen) atoms. The SMILES string of the molecule is C[C@H](NC(=O)C1CCCC1C(=O)O)c1ccc(F)cc1. The highest BCUT2D eigenvalue weighted by Gasteiger charge is 2.38. The molecular weight excluding hydrogens is 261 g/mol. The smallest absolute Gasteiger partial charge is 0.307 e. The summed E-state index contributed by atoms with van der Waals surface area (Å²) in [6, 6.07) is 5.65. The molecule has 1 fully saturated rings. The van der Waals surface area contributed by atoms with Gasteiger partial charge in [0.2, 0.25) is 5.91 Å². The van der Waals surface area contributed by atoms with Gasteiger partial charge in [0.25, 0.3) is 0 Å². The van der Waals surface area contributed by atoms with E-state index in [1.807, 2.05) is 0 Å². The minimum atomic E-state index is -0.905. The highest BCUT2D eigenvalue weighted by molar-refractivity contribution is 5.85. The molecule has 0 bridgehead atoms. The Morgan fingerprint density at radius 3 is 2.45 bits per heavy atom. The Morgan fingerprint density at radius 2 is 1.85 bits per heavy atom. The van der Waals surface area contributed by atoms with E-state index in [0.717, 1.165) is 12.0 Å². The number of aliphatic carboxylic acids is 1. The standard InChI is InChI=1S/C15H18FNO3/c1-9(10-5-7-11(16)8-6-10)17-14(18)12-3-2-4-13(12)15(19)20/h5-9,12-13H,2-4H2,1H3,(H,17,18)(H,19,20)/t9-,12?,13?/m0/s1. The molecule has 1 aliphatic carbocycles. The van der Waals surface area contributed by atoms with Crippen molar-refractivity contribution in [2.24, 2.45) is 11.8 Å². The summed E-state index contributed by atoms with van der Waals surface area (Å²) in [5.74, 6) is -2.51. The molecule has 2 N–H and O–H groups in total. The van der Waals surface area contributed by atoms with E-state index in [0.29, 0.717) is 12.8 Å². The molecule has 1 saturated carbocycles. The van der Waals surface area contributed by atoms with Gasteiger partial charge in [0.1, 0.15) is 5.82 Å². The van der Waals surface area contributed by atoms with Crippen LogP contribution in [0.15, 0.2) is 24.3 Å². The molecule has 1 aromatic carbocycles. The number of amides is 1. The van der Waals surface area contributed by atoms with Crippen molar-refractivity contribution in [3.8, 4) is 0 Å². The lowest BCUT2D eigenvalue weighted by Gasteiger charge is -2.20. The Labute approximate surface area is 117 Å². The van der Waals surface area contributed by atoms with Gasteiger partial charge in [-0.3, -0.25) is 9.59 Å². The van der Waals surface area contributed by atoms with Gasteiger partial charge in [-0.25, -0.2) is 4.39 Å². The summed E-state index contributed by atoms with van der Waals surface area (Å²) in [5.41, 5.74) is 0.796. The lowest BCUT2D eigenvalue weighted by atomic mass is 9.94.